The van der Waals surface area contributed by atoms with E-state index in [1.165, 1.54) is 11.1 Å². The van der Waals surface area contributed by atoms with E-state index in [1.807, 2.05) is 0 Å². The van der Waals surface area contributed by atoms with Gasteiger partial charge in [-0.2, -0.15) is 0 Å². The Balaban J connectivity index is 1.99. The molecule has 0 spiro atoms. The molecule has 110 valence electrons. The molecular weight excluding hydrogens is 248 g/mol. The number of hydrogen-bond donors (Lipinski definition) is 2. The number of aryl methyl sites for hydroxylation is 1. The highest BCUT2D eigenvalue weighted by Crippen LogP contribution is 2.18. The third kappa shape index (κ3) is 3.73. The molecule has 1 heterocycles. The van der Waals surface area contributed by atoms with Crippen LogP contribution in [0.15, 0.2) is 29.3 Å². The van der Waals surface area contributed by atoms with Crippen LogP contribution >= 0.6 is 0 Å². The number of hydrogen-bond acceptors (Lipinski definition) is 4. The largest absolute Gasteiger partial charge is 0.354 e. The minimum atomic E-state index is 0.348. The topological polar surface area (TPSA) is 39.7 Å². The number of nitrogens with zero attached hydrogens (tertiary/aromatic N) is 2. The molecule has 0 aromatic heterocycles. The van der Waals surface area contributed by atoms with Crippen LogP contribution in [0.2, 0.25) is 0 Å². The van der Waals surface area contributed by atoms with Gasteiger partial charge in [0, 0.05) is 12.6 Å². The lowest BCUT2D eigenvalue weighted by atomic mass is 10.0. The normalized spacial score (nSPS) is 19.6. The van der Waals surface area contributed by atoms with E-state index in [9.17, 15) is 0 Å². The average molecular weight is 274 g/mol. The zero-order valence-electron chi connectivity index (χ0n) is 13.0. The van der Waals surface area contributed by atoms with Crippen molar-refractivity contribution < 1.29 is 0 Å². The van der Waals surface area contributed by atoms with Crippen molar-refractivity contribution in [1.29, 1.82) is 0 Å². The molecule has 0 saturated heterocycles. The lowest BCUT2D eigenvalue weighted by Crippen LogP contribution is -2.41. The molecule has 0 saturated carbocycles. The summed E-state index contributed by atoms with van der Waals surface area (Å²) in [5, 5.41) is 6.76. The van der Waals surface area contributed by atoms with Gasteiger partial charge in [-0.05, 0) is 38.6 Å². The predicted octanol–water partition coefficient (Wildman–Crippen LogP) is 1.79. The molecular formula is C16H26N4. The molecule has 4 heteroatoms. The fourth-order valence-corrected chi connectivity index (χ4v) is 2.43. The SMILES string of the molecule is CCc1ccc(C(CNC2=NCC(C)N2)N(C)C)cc1. The van der Waals surface area contributed by atoms with Crippen LogP contribution in [0.3, 0.4) is 0 Å². The Labute approximate surface area is 122 Å². The van der Waals surface area contributed by atoms with Crippen LogP contribution in [0.5, 0.6) is 0 Å². The van der Waals surface area contributed by atoms with Gasteiger partial charge in [-0.3, -0.25) is 4.99 Å². The molecule has 2 atom stereocenters. The van der Waals surface area contributed by atoms with Crippen LogP contribution in [0, 0.1) is 0 Å². The molecule has 0 bridgehead atoms. The van der Waals surface area contributed by atoms with Gasteiger partial charge in [-0.1, -0.05) is 31.2 Å². The maximum Gasteiger partial charge on any atom is 0.191 e. The first-order valence-electron chi connectivity index (χ1n) is 7.40. The van der Waals surface area contributed by atoms with E-state index in [0.717, 1.165) is 25.5 Å². The van der Waals surface area contributed by atoms with Crippen LogP contribution in [-0.2, 0) is 6.42 Å². The molecule has 0 amide bonds. The van der Waals surface area contributed by atoms with Crippen LogP contribution < -0.4 is 10.6 Å². The van der Waals surface area contributed by atoms with Crippen LogP contribution in [0.4, 0.5) is 0 Å². The van der Waals surface area contributed by atoms with Gasteiger partial charge in [0.05, 0.1) is 12.6 Å². The highest BCUT2D eigenvalue weighted by Gasteiger charge is 2.17. The fourth-order valence-electron chi connectivity index (χ4n) is 2.43. The quantitative estimate of drug-likeness (QED) is 0.860. The Hall–Kier alpha value is -1.55. The van der Waals surface area contributed by atoms with Gasteiger partial charge in [0.25, 0.3) is 0 Å². The summed E-state index contributed by atoms with van der Waals surface area (Å²) < 4.78 is 0. The third-order valence-corrected chi connectivity index (χ3v) is 3.77. The van der Waals surface area contributed by atoms with E-state index in [1.54, 1.807) is 0 Å². The zero-order chi connectivity index (χ0) is 14.5. The van der Waals surface area contributed by atoms with E-state index in [4.69, 9.17) is 0 Å². The van der Waals surface area contributed by atoms with E-state index < -0.39 is 0 Å². The second-order valence-electron chi connectivity index (χ2n) is 5.69. The first-order valence-corrected chi connectivity index (χ1v) is 7.40. The zero-order valence-corrected chi connectivity index (χ0v) is 13.0. The molecule has 1 aromatic rings. The van der Waals surface area contributed by atoms with Crippen molar-refractivity contribution >= 4 is 5.96 Å². The van der Waals surface area contributed by atoms with Crippen LogP contribution in [-0.4, -0.2) is 44.1 Å². The van der Waals surface area contributed by atoms with Crippen molar-refractivity contribution in [3.8, 4) is 0 Å². The molecule has 2 N–H and O–H groups in total. The summed E-state index contributed by atoms with van der Waals surface area (Å²) in [7, 11) is 4.24. The molecule has 2 unspecified atom stereocenters. The monoisotopic (exact) mass is 274 g/mol. The highest BCUT2D eigenvalue weighted by molar-refractivity contribution is 5.81. The summed E-state index contributed by atoms with van der Waals surface area (Å²) in [5.41, 5.74) is 2.72. The maximum atomic E-state index is 4.44. The van der Waals surface area contributed by atoms with E-state index in [-0.39, 0.29) is 0 Å². The second kappa shape index (κ2) is 6.75. The number of guanidine groups is 1. The molecule has 20 heavy (non-hydrogen) atoms. The van der Waals surface area contributed by atoms with Crippen LogP contribution in [0.25, 0.3) is 0 Å². The van der Waals surface area contributed by atoms with Crippen molar-refractivity contribution in [1.82, 2.24) is 15.5 Å². The van der Waals surface area contributed by atoms with Gasteiger partial charge >= 0.3 is 0 Å². The standard InChI is InChI=1S/C16H26N4/c1-5-13-6-8-14(9-7-13)15(20(3)4)11-18-16-17-10-12(2)19-16/h6-9,12,15H,5,10-11H2,1-4H3,(H2,17,18,19). The second-order valence-corrected chi connectivity index (χ2v) is 5.69. The molecule has 0 fully saturated rings. The molecule has 1 aliphatic rings. The van der Waals surface area contributed by atoms with Gasteiger partial charge in [0.2, 0.25) is 0 Å². The molecule has 1 aromatic carbocycles. The fraction of sp³-hybridized carbons (Fsp3) is 0.562. The number of rotatable bonds is 5. The summed E-state index contributed by atoms with van der Waals surface area (Å²) in [5.74, 6) is 0.925. The molecule has 0 aliphatic carbocycles. The smallest absolute Gasteiger partial charge is 0.191 e. The lowest BCUT2D eigenvalue weighted by Gasteiger charge is -2.26. The summed E-state index contributed by atoms with van der Waals surface area (Å²) in [6.07, 6.45) is 1.09. The van der Waals surface area contributed by atoms with E-state index in [0.29, 0.717) is 12.1 Å². The number of aliphatic imine (C=N–C) groups is 1. The van der Waals surface area contributed by atoms with Crippen molar-refractivity contribution in [2.45, 2.75) is 32.4 Å². The summed E-state index contributed by atoms with van der Waals surface area (Å²) in [4.78, 5) is 6.69. The van der Waals surface area contributed by atoms with Crippen molar-refractivity contribution in [3.63, 3.8) is 0 Å². The summed E-state index contributed by atoms with van der Waals surface area (Å²) in [6, 6.07) is 9.70. The highest BCUT2D eigenvalue weighted by atomic mass is 15.2. The first-order chi connectivity index (χ1) is 9.60. The molecule has 0 radical (unpaired) electrons. The van der Waals surface area contributed by atoms with Gasteiger partial charge in [-0.25, -0.2) is 0 Å². The Morgan fingerprint density at radius 1 is 1.35 bits per heavy atom. The Morgan fingerprint density at radius 2 is 2.05 bits per heavy atom. The van der Waals surface area contributed by atoms with Crippen molar-refractivity contribution in [3.05, 3.63) is 35.4 Å². The third-order valence-electron chi connectivity index (χ3n) is 3.77. The van der Waals surface area contributed by atoms with Crippen molar-refractivity contribution in [2.75, 3.05) is 27.2 Å². The van der Waals surface area contributed by atoms with E-state index >= 15 is 0 Å². The summed E-state index contributed by atoms with van der Waals surface area (Å²) >= 11 is 0. The minimum absolute atomic E-state index is 0.348. The lowest BCUT2D eigenvalue weighted by molar-refractivity contribution is 0.298. The van der Waals surface area contributed by atoms with Crippen molar-refractivity contribution in [2.24, 2.45) is 4.99 Å². The molecule has 1 aliphatic heterocycles. The Bertz CT molecular complexity index is 450. The first kappa shape index (κ1) is 14.9. The van der Waals surface area contributed by atoms with Gasteiger partial charge in [0.1, 0.15) is 0 Å². The Kier molecular flexibility index (Phi) is 5.01. The number of benzene rings is 1. The molecule has 2 rings (SSSR count). The predicted molar refractivity (Wildman–Crippen MR) is 85.2 cm³/mol. The maximum absolute atomic E-state index is 4.44. The van der Waals surface area contributed by atoms with Gasteiger partial charge in [-0.15, -0.1) is 0 Å². The number of likely N-dealkylation sites (N-methyl/N-ethyl adjacent to an activating group) is 1. The van der Waals surface area contributed by atoms with E-state index in [2.05, 4.69) is 72.7 Å². The molecule has 4 nitrogen and oxygen atoms in total. The van der Waals surface area contributed by atoms with Crippen LogP contribution in [0.1, 0.15) is 31.0 Å². The summed E-state index contributed by atoms with van der Waals surface area (Å²) in [6.45, 7) is 6.05. The average Bonchev–Trinajstić information content (AvgIpc) is 2.85. The van der Waals surface area contributed by atoms with Gasteiger partial charge < -0.3 is 15.5 Å². The Morgan fingerprint density at radius 3 is 2.55 bits per heavy atom. The number of nitrogens with one attached hydrogen (secondary N) is 2. The van der Waals surface area contributed by atoms with Gasteiger partial charge in [0.15, 0.2) is 5.96 Å². The minimum Gasteiger partial charge on any atom is -0.354 e.